The Labute approximate surface area is 132 Å². The van der Waals surface area contributed by atoms with Gasteiger partial charge in [-0.2, -0.15) is 0 Å². The molecule has 1 aromatic carbocycles. The van der Waals surface area contributed by atoms with E-state index in [-0.39, 0.29) is 12.1 Å². The van der Waals surface area contributed by atoms with Gasteiger partial charge >= 0.3 is 0 Å². The summed E-state index contributed by atoms with van der Waals surface area (Å²) in [5.74, 6) is 0.631. The van der Waals surface area contributed by atoms with E-state index >= 15 is 0 Å². The summed E-state index contributed by atoms with van der Waals surface area (Å²) in [6.45, 7) is 12.3. The molecule has 0 heterocycles. The third kappa shape index (κ3) is 4.57. The van der Waals surface area contributed by atoms with Crippen LogP contribution in [-0.4, -0.2) is 23.5 Å². The minimum absolute atomic E-state index is 0.148. The molecule has 0 aromatic heterocycles. The summed E-state index contributed by atoms with van der Waals surface area (Å²) in [6, 6.07) is 9.35. The Morgan fingerprint density at radius 3 is 2.20 bits per heavy atom. The summed E-state index contributed by atoms with van der Waals surface area (Å²) in [5, 5.41) is 0. The quantitative estimate of drug-likeness (QED) is 0.786. The van der Waals surface area contributed by atoms with Crippen molar-refractivity contribution in [1.29, 1.82) is 0 Å². The largest absolute Gasteiger partial charge is 0.326 e. The number of nitrogens with zero attached hydrogens (tertiary/aromatic N) is 1. The standard InChI is InChI=1S/C17H29BrN2/c1-6-16(19)17(14-9-7-8-10-15(14)18)20(13(4)5)11-12(2)3/h7-10,12-13,16-17H,6,11,19H2,1-5H3. The van der Waals surface area contributed by atoms with Gasteiger partial charge in [-0.25, -0.2) is 0 Å². The molecule has 0 spiro atoms. The van der Waals surface area contributed by atoms with Crippen LogP contribution in [0.3, 0.4) is 0 Å². The van der Waals surface area contributed by atoms with Crippen LogP contribution < -0.4 is 5.73 Å². The summed E-state index contributed by atoms with van der Waals surface area (Å²) in [4.78, 5) is 2.54. The molecule has 0 aliphatic rings. The molecule has 0 saturated carbocycles. The van der Waals surface area contributed by atoms with Crippen molar-refractivity contribution < 1.29 is 0 Å². The van der Waals surface area contributed by atoms with E-state index in [9.17, 15) is 0 Å². The molecule has 0 saturated heterocycles. The first-order valence-corrected chi connectivity index (χ1v) is 8.43. The smallest absolute Gasteiger partial charge is 0.0513 e. The Balaban J connectivity index is 3.19. The molecule has 0 radical (unpaired) electrons. The fourth-order valence-electron chi connectivity index (χ4n) is 2.66. The number of halogens is 1. The Morgan fingerprint density at radius 2 is 1.75 bits per heavy atom. The molecule has 0 amide bonds. The van der Waals surface area contributed by atoms with E-state index in [1.165, 1.54) is 5.56 Å². The Bertz CT molecular complexity index is 404. The molecule has 2 atom stereocenters. The first-order chi connectivity index (χ1) is 9.38. The van der Waals surface area contributed by atoms with Crippen LogP contribution in [0, 0.1) is 5.92 Å². The minimum atomic E-state index is 0.148. The van der Waals surface area contributed by atoms with Crippen molar-refractivity contribution in [3.8, 4) is 0 Å². The molecule has 2 N–H and O–H groups in total. The Morgan fingerprint density at radius 1 is 1.15 bits per heavy atom. The van der Waals surface area contributed by atoms with E-state index < -0.39 is 0 Å². The summed E-state index contributed by atoms with van der Waals surface area (Å²) >= 11 is 3.70. The summed E-state index contributed by atoms with van der Waals surface area (Å²) in [6.07, 6.45) is 0.979. The van der Waals surface area contributed by atoms with Crippen LogP contribution in [0.2, 0.25) is 0 Å². The minimum Gasteiger partial charge on any atom is -0.326 e. The van der Waals surface area contributed by atoms with Gasteiger partial charge in [0, 0.05) is 23.1 Å². The highest BCUT2D eigenvalue weighted by Gasteiger charge is 2.29. The molecular formula is C17H29BrN2. The molecular weight excluding hydrogens is 312 g/mol. The molecule has 0 bridgehead atoms. The first kappa shape index (κ1) is 17.7. The SMILES string of the molecule is CCC(N)C(c1ccccc1Br)N(CC(C)C)C(C)C. The number of rotatable bonds is 7. The zero-order valence-electron chi connectivity index (χ0n) is 13.4. The van der Waals surface area contributed by atoms with Crippen molar-refractivity contribution >= 4 is 15.9 Å². The molecule has 20 heavy (non-hydrogen) atoms. The molecule has 2 nitrogen and oxygen atoms in total. The number of hydrogen-bond acceptors (Lipinski definition) is 2. The van der Waals surface area contributed by atoms with Crippen molar-refractivity contribution in [2.24, 2.45) is 11.7 Å². The van der Waals surface area contributed by atoms with Crippen LogP contribution in [-0.2, 0) is 0 Å². The molecule has 2 unspecified atom stereocenters. The van der Waals surface area contributed by atoms with Gasteiger partial charge in [-0.05, 0) is 37.8 Å². The van der Waals surface area contributed by atoms with Crippen molar-refractivity contribution in [3.63, 3.8) is 0 Å². The summed E-state index contributed by atoms with van der Waals surface area (Å²) in [5.41, 5.74) is 7.77. The van der Waals surface area contributed by atoms with Crippen molar-refractivity contribution in [2.45, 2.75) is 59.2 Å². The van der Waals surface area contributed by atoms with Gasteiger partial charge < -0.3 is 5.73 Å². The van der Waals surface area contributed by atoms with Gasteiger partial charge in [0.15, 0.2) is 0 Å². The average Bonchev–Trinajstić information content (AvgIpc) is 2.39. The maximum Gasteiger partial charge on any atom is 0.0513 e. The van der Waals surface area contributed by atoms with E-state index in [2.05, 4.69) is 79.7 Å². The lowest BCUT2D eigenvalue weighted by atomic mass is 9.94. The van der Waals surface area contributed by atoms with Gasteiger partial charge in [0.25, 0.3) is 0 Å². The molecule has 0 aliphatic carbocycles. The second kappa shape index (κ2) is 8.16. The first-order valence-electron chi connectivity index (χ1n) is 7.64. The summed E-state index contributed by atoms with van der Waals surface area (Å²) in [7, 11) is 0. The van der Waals surface area contributed by atoms with Gasteiger partial charge in [-0.3, -0.25) is 4.90 Å². The highest BCUT2D eigenvalue weighted by atomic mass is 79.9. The second-order valence-corrected chi connectivity index (χ2v) is 7.08. The van der Waals surface area contributed by atoms with Crippen LogP contribution >= 0.6 is 15.9 Å². The van der Waals surface area contributed by atoms with Crippen molar-refractivity contribution in [2.75, 3.05) is 6.54 Å². The fraction of sp³-hybridized carbons (Fsp3) is 0.647. The van der Waals surface area contributed by atoms with E-state index in [0.29, 0.717) is 12.0 Å². The molecule has 0 aliphatic heterocycles. The zero-order chi connectivity index (χ0) is 15.3. The predicted molar refractivity (Wildman–Crippen MR) is 91.8 cm³/mol. The van der Waals surface area contributed by atoms with Crippen LogP contribution in [0.5, 0.6) is 0 Å². The molecule has 114 valence electrons. The third-order valence-electron chi connectivity index (χ3n) is 3.70. The van der Waals surface area contributed by atoms with Gasteiger partial charge in [0.05, 0.1) is 6.04 Å². The predicted octanol–water partition coefficient (Wildman–Crippen LogP) is 4.59. The third-order valence-corrected chi connectivity index (χ3v) is 4.42. The van der Waals surface area contributed by atoms with Crippen molar-refractivity contribution in [1.82, 2.24) is 4.90 Å². The molecule has 0 fully saturated rings. The van der Waals surface area contributed by atoms with Crippen LogP contribution in [0.25, 0.3) is 0 Å². The number of benzene rings is 1. The molecule has 3 heteroatoms. The van der Waals surface area contributed by atoms with Crippen molar-refractivity contribution in [3.05, 3.63) is 34.3 Å². The van der Waals surface area contributed by atoms with Gasteiger partial charge in [0.1, 0.15) is 0 Å². The van der Waals surface area contributed by atoms with Crippen LogP contribution in [0.4, 0.5) is 0 Å². The maximum atomic E-state index is 6.47. The van der Waals surface area contributed by atoms with Gasteiger partial charge in [-0.1, -0.05) is 54.9 Å². The number of hydrogen-bond donors (Lipinski definition) is 1. The topological polar surface area (TPSA) is 29.3 Å². The van der Waals surface area contributed by atoms with E-state index in [1.54, 1.807) is 0 Å². The average molecular weight is 341 g/mol. The van der Waals surface area contributed by atoms with Gasteiger partial charge in [0.2, 0.25) is 0 Å². The second-order valence-electron chi connectivity index (χ2n) is 6.22. The highest BCUT2D eigenvalue weighted by molar-refractivity contribution is 9.10. The lowest BCUT2D eigenvalue weighted by Gasteiger charge is -2.40. The molecule has 1 aromatic rings. The van der Waals surface area contributed by atoms with Crippen LogP contribution in [0.15, 0.2) is 28.7 Å². The lowest BCUT2D eigenvalue weighted by Crippen LogP contribution is -2.45. The maximum absolute atomic E-state index is 6.47. The zero-order valence-corrected chi connectivity index (χ0v) is 15.0. The normalized spacial score (nSPS) is 15.1. The lowest BCUT2D eigenvalue weighted by molar-refractivity contribution is 0.113. The molecule has 1 rings (SSSR count). The summed E-state index contributed by atoms with van der Waals surface area (Å²) < 4.78 is 1.16. The van der Waals surface area contributed by atoms with E-state index in [0.717, 1.165) is 17.4 Å². The Kier molecular flexibility index (Phi) is 7.21. The van der Waals surface area contributed by atoms with Crippen LogP contribution in [0.1, 0.15) is 52.6 Å². The highest BCUT2D eigenvalue weighted by Crippen LogP contribution is 2.32. The van der Waals surface area contributed by atoms with Gasteiger partial charge in [-0.15, -0.1) is 0 Å². The van der Waals surface area contributed by atoms with E-state index in [1.807, 2.05) is 0 Å². The Hall–Kier alpha value is -0.380. The van der Waals surface area contributed by atoms with E-state index in [4.69, 9.17) is 5.73 Å². The monoisotopic (exact) mass is 340 g/mol. The fourth-order valence-corrected chi connectivity index (χ4v) is 3.18. The number of nitrogens with two attached hydrogens (primary N) is 1.